The van der Waals surface area contributed by atoms with Gasteiger partial charge < -0.3 is 18.9 Å². The Morgan fingerprint density at radius 1 is 0.320 bits per heavy atom. The molecule has 0 aliphatic carbocycles. The number of hydrogen-bond acceptors (Lipinski definition) is 12. The van der Waals surface area contributed by atoms with Gasteiger partial charge in [-0.2, -0.15) is 0 Å². The molecule has 2 aromatic carbocycles. The highest BCUT2D eigenvalue weighted by Gasteiger charge is 2.65. The largest absolute Gasteiger partial charge is 0.455 e. The second-order valence-corrected chi connectivity index (χ2v) is 23.0. The van der Waals surface area contributed by atoms with E-state index in [-0.39, 0.29) is 50.9 Å². The molecule has 24 heteroatoms. The van der Waals surface area contributed by atoms with Crippen molar-refractivity contribution in [3.8, 4) is 23.0 Å². The predicted molar refractivity (Wildman–Crippen MR) is 237 cm³/mol. The van der Waals surface area contributed by atoms with E-state index < -0.39 is 17.1 Å². The van der Waals surface area contributed by atoms with Crippen LogP contribution in [-0.4, -0.2) is 27.7 Å². The van der Waals surface area contributed by atoms with E-state index in [1.165, 1.54) is 94.1 Å². The summed E-state index contributed by atoms with van der Waals surface area (Å²) in [6.07, 6.45) is 0. The van der Waals surface area contributed by atoms with E-state index in [2.05, 4.69) is 0 Å². The quantitative estimate of drug-likeness (QED) is 0.143. The summed E-state index contributed by atoms with van der Waals surface area (Å²) in [6.45, 7) is 0. The molecule has 6 heterocycles. The zero-order valence-electron chi connectivity index (χ0n) is 23.5. The highest BCUT2D eigenvalue weighted by Crippen LogP contribution is 2.71. The van der Waals surface area contributed by atoms with E-state index in [9.17, 15) is 0 Å². The van der Waals surface area contributed by atoms with Crippen molar-refractivity contribution in [1.82, 2.24) is 0 Å². The summed E-state index contributed by atoms with van der Waals surface area (Å²) in [7, 11) is 0. The van der Waals surface area contributed by atoms with Gasteiger partial charge in [0, 0.05) is 0 Å². The van der Waals surface area contributed by atoms with Crippen LogP contribution in [0.15, 0.2) is 43.3 Å². The lowest BCUT2D eigenvalue weighted by Crippen LogP contribution is -2.53. The summed E-state index contributed by atoms with van der Waals surface area (Å²) in [5.74, 6) is 1.29. The fraction of sp³-hybridized carbons (Fsp3) is 0.231. The molecule has 50 heavy (non-hydrogen) atoms. The molecule has 4 nitrogen and oxygen atoms in total. The molecule has 4 spiro atoms. The molecule has 0 bridgehead atoms. The van der Waals surface area contributed by atoms with Crippen molar-refractivity contribution in [2.75, 3.05) is 10.7 Å². The smallest absolute Gasteiger partial charge is 0.269 e. The lowest BCUT2D eigenvalue weighted by atomic mass is 10.3. The monoisotopic (exact) mass is 1060 g/mol. The van der Waals surface area contributed by atoms with Crippen LogP contribution >= 0.6 is 233 Å². The minimum absolute atomic E-state index is 0.160. The van der Waals surface area contributed by atoms with Crippen molar-refractivity contribution in [3.63, 3.8) is 0 Å². The summed E-state index contributed by atoms with van der Waals surface area (Å²) >= 11 is 81.0. The fourth-order valence-electron chi connectivity index (χ4n) is 4.15. The topological polar surface area (TPSA) is 36.9 Å². The third kappa shape index (κ3) is 8.12. The van der Waals surface area contributed by atoms with Crippen LogP contribution in [0.3, 0.4) is 0 Å². The van der Waals surface area contributed by atoms with Gasteiger partial charge in [0.05, 0.1) is 30.8 Å². The maximum Gasteiger partial charge on any atom is 0.269 e. The Labute approximate surface area is 381 Å². The number of halogens is 12. The lowest BCUT2D eigenvalue weighted by Gasteiger charge is -2.46. The van der Waals surface area contributed by atoms with Crippen LogP contribution in [0.25, 0.3) is 0 Å². The number of ether oxygens (including phenoxy) is 4. The van der Waals surface area contributed by atoms with Crippen LogP contribution in [0.2, 0.25) is 40.2 Å². The van der Waals surface area contributed by atoms with Crippen LogP contribution in [0, 0.1) is 0 Å². The van der Waals surface area contributed by atoms with Crippen molar-refractivity contribution in [3.05, 3.63) is 83.4 Å². The van der Waals surface area contributed by atoms with E-state index >= 15 is 0 Å². The van der Waals surface area contributed by atoms with Crippen molar-refractivity contribution >= 4 is 233 Å². The van der Waals surface area contributed by atoms with E-state index in [4.69, 9.17) is 158 Å². The molecule has 0 fully saturated rings. The molecule has 6 aliphatic heterocycles. The lowest BCUT2D eigenvalue weighted by molar-refractivity contribution is 0.0867. The summed E-state index contributed by atoms with van der Waals surface area (Å²) in [5, 5.41) is 17.6. The van der Waals surface area contributed by atoms with Gasteiger partial charge in [0.1, 0.15) is 20.1 Å². The average Bonchev–Trinajstić information content (AvgIpc) is 3.94. The zero-order chi connectivity index (χ0) is 36.5. The van der Waals surface area contributed by atoms with Crippen LogP contribution < -0.4 is 18.9 Å². The molecule has 272 valence electrons. The zero-order valence-corrected chi connectivity index (χ0v) is 39.1. The number of alkyl halides is 4. The molecule has 0 saturated heterocycles. The van der Waals surface area contributed by atoms with Gasteiger partial charge in [-0.25, -0.2) is 0 Å². The Balaban J connectivity index is 0.000000168. The molecule has 2 aromatic rings. The molecule has 6 aliphatic rings. The van der Waals surface area contributed by atoms with Gasteiger partial charge >= 0.3 is 0 Å². The van der Waals surface area contributed by atoms with Crippen LogP contribution in [0.1, 0.15) is 0 Å². The SMILES string of the molecule is ClCCl.ClCCl.Clc1c(Cl)c(Cl)c2c(c1Cl)OC1(SC=CS1)C1(O2)SC=CS1.Clc1c(Cl)c(Cl)c2c(c1Cl)OC1(SC=CS1)C1(O2)SC=CS1. The van der Waals surface area contributed by atoms with Crippen LogP contribution in [0.4, 0.5) is 0 Å². The van der Waals surface area contributed by atoms with E-state index in [0.29, 0.717) is 23.0 Å². The number of benzene rings is 2. The Bertz CT molecular complexity index is 1490. The second kappa shape index (κ2) is 18.6. The molecule has 0 radical (unpaired) electrons. The standard InChI is InChI=1S/2C12H4Cl4O2S4.2CH2Cl2/c2*13-5-6(14)8(16)10-9(7(5)15)17-11(19-1-2-20-11)12(18-10)21-3-4-22-12;2*2-1-3/h2*1-4H;2*1H2. The number of hydrogen-bond donors (Lipinski definition) is 0. The molecule has 0 amide bonds. The number of fused-ring (bicyclic) bond motifs is 4. The number of thioether (sulfide) groups is 8. The summed E-state index contributed by atoms with van der Waals surface area (Å²) in [5.41, 5.74) is 0. The number of rotatable bonds is 0. The van der Waals surface area contributed by atoms with Gasteiger partial charge in [0.15, 0.2) is 23.0 Å². The first kappa shape index (κ1) is 44.0. The van der Waals surface area contributed by atoms with Gasteiger partial charge in [-0.15, -0.1) is 46.4 Å². The molecule has 8 rings (SSSR count). The molecule has 0 unspecified atom stereocenters. The van der Waals surface area contributed by atoms with Crippen molar-refractivity contribution in [1.29, 1.82) is 0 Å². The first-order valence-electron chi connectivity index (χ1n) is 12.6. The molecule has 0 aromatic heterocycles. The molecular weight excluding hydrogens is 1060 g/mol. The van der Waals surface area contributed by atoms with Gasteiger partial charge in [-0.3, -0.25) is 0 Å². The molecule has 0 saturated carbocycles. The average molecular weight is 1070 g/mol. The van der Waals surface area contributed by atoms with Crippen LogP contribution in [0.5, 0.6) is 23.0 Å². The summed E-state index contributed by atoms with van der Waals surface area (Å²) < 4.78 is 22.2. The first-order chi connectivity index (χ1) is 23.8. The van der Waals surface area contributed by atoms with Gasteiger partial charge in [-0.1, -0.05) is 187 Å². The minimum Gasteiger partial charge on any atom is -0.455 e. The van der Waals surface area contributed by atoms with E-state index in [1.54, 1.807) is 0 Å². The maximum absolute atomic E-state index is 6.30. The molecular formula is C26H12Cl12O4S8. The summed E-state index contributed by atoms with van der Waals surface area (Å²) in [6, 6.07) is 0. The first-order valence-corrected chi connectivity index (χ1v) is 24.8. The van der Waals surface area contributed by atoms with Crippen molar-refractivity contribution in [2.24, 2.45) is 0 Å². The normalized spacial score (nSPS) is 20.9. The molecule has 0 N–H and O–H groups in total. The highest BCUT2D eigenvalue weighted by atomic mass is 35.5. The minimum atomic E-state index is -0.719. The van der Waals surface area contributed by atoms with E-state index in [0.717, 1.165) is 0 Å². The Kier molecular flexibility index (Phi) is 16.4. The van der Waals surface area contributed by atoms with Gasteiger partial charge in [0.2, 0.25) is 0 Å². The van der Waals surface area contributed by atoms with Crippen LogP contribution in [-0.2, 0) is 0 Å². The molecule has 0 atom stereocenters. The van der Waals surface area contributed by atoms with Crippen molar-refractivity contribution in [2.45, 2.75) is 17.1 Å². The summed E-state index contributed by atoms with van der Waals surface area (Å²) in [4.78, 5) is 0. The Morgan fingerprint density at radius 2 is 0.460 bits per heavy atom. The predicted octanol–water partition coefficient (Wildman–Crippen LogP) is 17.4. The fourth-order valence-corrected chi connectivity index (χ4v) is 16.2. The third-order valence-electron chi connectivity index (χ3n) is 6.07. The Hall–Kier alpha value is 2.88. The third-order valence-corrected chi connectivity index (χ3v) is 21.3. The van der Waals surface area contributed by atoms with Gasteiger partial charge in [0.25, 0.3) is 17.1 Å². The Morgan fingerprint density at radius 3 is 0.600 bits per heavy atom. The second-order valence-electron chi connectivity index (χ2n) is 8.69. The van der Waals surface area contributed by atoms with Crippen molar-refractivity contribution < 1.29 is 18.9 Å². The highest BCUT2D eigenvalue weighted by molar-refractivity contribution is 8.30. The van der Waals surface area contributed by atoms with Gasteiger partial charge in [-0.05, 0) is 43.3 Å². The maximum atomic E-state index is 6.30. The van der Waals surface area contributed by atoms with E-state index in [1.807, 2.05) is 43.3 Å².